The van der Waals surface area contributed by atoms with E-state index in [9.17, 15) is 9.59 Å². The van der Waals surface area contributed by atoms with Crippen LogP contribution in [0.2, 0.25) is 0 Å². The Labute approximate surface area is 299 Å². The third-order valence-electron chi connectivity index (χ3n) is 9.04. The minimum atomic E-state index is -0.00631. The number of carbonyl (C=O) groups excluding carboxylic acids is 2. The van der Waals surface area contributed by atoms with Gasteiger partial charge in [-0.2, -0.15) is 0 Å². The van der Waals surface area contributed by atoms with Crippen molar-refractivity contribution in [1.82, 2.24) is 9.80 Å². The summed E-state index contributed by atoms with van der Waals surface area (Å²) in [7, 11) is 0. The van der Waals surface area contributed by atoms with E-state index in [4.69, 9.17) is 9.47 Å². The summed E-state index contributed by atoms with van der Waals surface area (Å²) in [6.45, 7) is 24.7. The average Bonchev–Trinajstić information content (AvgIpc) is 3.17. The highest BCUT2D eigenvalue weighted by atomic mass is 16.5. The van der Waals surface area contributed by atoms with Crippen molar-refractivity contribution in [2.75, 3.05) is 13.2 Å². The molecule has 2 amide bonds. The predicted octanol–water partition coefficient (Wildman–Crippen LogP) is 12.0. The van der Waals surface area contributed by atoms with Gasteiger partial charge in [-0.05, 0) is 63.5 Å². The maximum absolute atomic E-state index is 13.6. The zero-order chi connectivity index (χ0) is 36.7. The monoisotopic (exact) mass is 677 g/mol. The first kappa shape index (κ1) is 47.9. The fourth-order valence-electron chi connectivity index (χ4n) is 6.99. The highest BCUT2D eigenvalue weighted by molar-refractivity contribution is 5.79. The number of amides is 2. The maximum Gasteiger partial charge on any atom is 0.261 e. The van der Waals surface area contributed by atoms with Crippen molar-refractivity contribution in [1.29, 1.82) is 0 Å². The van der Waals surface area contributed by atoms with Gasteiger partial charge in [0.2, 0.25) is 0 Å². The van der Waals surface area contributed by atoms with Crippen LogP contribution in [0, 0.1) is 0 Å². The molecule has 0 aromatic heterocycles. The van der Waals surface area contributed by atoms with Gasteiger partial charge in [-0.15, -0.1) is 0 Å². The summed E-state index contributed by atoms with van der Waals surface area (Å²) in [5.74, 6) is 1.18. The van der Waals surface area contributed by atoms with E-state index in [1.54, 1.807) is 0 Å². The molecule has 1 aromatic carbocycles. The number of nitrogens with zero attached hydrogens (tertiary/aromatic N) is 2. The van der Waals surface area contributed by atoms with Crippen LogP contribution in [0.1, 0.15) is 186 Å². The summed E-state index contributed by atoms with van der Waals surface area (Å²) in [6, 6.07) is 8.60. The highest BCUT2D eigenvalue weighted by Gasteiger charge is 2.32. The van der Waals surface area contributed by atoms with E-state index in [2.05, 4.69) is 37.5 Å². The molecule has 6 heteroatoms. The van der Waals surface area contributed by atoms with Gasteiger partial charge in [-0.25, -0.2) is 0 Å². The summed E-state index contributed by atoms with van der Waals surface area (Å²) >= 11 is 0. The Morgan fingerprint density at radius 2 is 0.896 bits per heavy atom. The molecule has 0 saturated heterocycles. The van der Waals surface area contributed by atoms with Crippen molar-refractivity contribution in [3.63, 3.8) is 0 Å². The Morgan fingerprint density at radius 1 is 0.583 bits per heavy atom. The lowest BCUT2D eigenvalue weighted by atomic mass is 9.92. The fraction of sp³-hybridized carbons (Fsp3) is 0.810. The van der Waals surface area contributed by atoms with Crippen LogP contribution < -0.4 is 9.47 Å². The second kappa shape index (κ2) is 32.0. The number of hydrogen-bond acceptors (Lipinski definition) is 4. The Hall–Kier alpha value is -2.24. The Kier molecular flexibility index (Phi) is 31.9. The van der Waals surface area contributed by atoms with Crippen LogP contribution in [0.25, 0.3) is 0 Å². The molecule has 0 spiro atoms. The largest absolute Gasteiger partial charge is 0.480 e. The Bertz CT molecular complexity index is 800. The summed E-state index contributed by atoms with van der Waals surface area (Å²) in [4.78, 5) is 31.5. The molecule has 0 bridgehead atoms. The van der Waals surface area contributed by atoms with Crippen molar-refractivity contribution in [2.24, 2.45) is 0 Å². The van der Waals surface area contributed by atoms with E-state index in [-0.39, 0.29) is 37.1 Å². The first-order chi connectivity index (χ1) is 23.5. The summed E-state index contributed by atoms with van der Waals surface area (Å²) in [5.41, 5.74) is 0. The molecule has 2 unspecified atom stereocenters. The summed E-state index contributed by atoms with van der Waals surface area (Å²) in [6.07, 6.45) is 17.7. The molecule has 48 heavy (non-hydrogen) atoms. The van der Waals surface area contributed by atoms with Crippen molar-refractivity contribution in [3.8, 4) is 11.5 Å². The SMILES string of the molecule is CC.CC.CC.CC.CCCC(CC)N(C(=O)COc1ccccc1OCC(=O)N(C(CC)CCC)C1CCCCC1)C1CCCCC1. The van der Waals surface area contributed by atoms with E-state index in [1.807, 2.05) is 79.7 Å². The van der Waals surface area contributed by atoms with Gasteiger partial charge in [0, 0.05) is 24.2 Å². The molecule has 3 rings (SSSR count). The van der Waals surface area contributed by atoms with Crippen LogP contribution in [-0.4, -0.2) is 59.0 Å². The zero-order valence-corrected chi connectivity index (χ0v) is 33.9. The second-order valence-electron chi connectivity index (χ2n) is 11.9. The van der Waals surface area contributed by atoms with Crippen molar-refractivity contribution >= 4 is 11.8 Å². The van der Waals surface area contributed by atoms with E-state index in [0.717, 1.165) is 64.2 Å². The molecule has 2 atom stereocenters. The number of hydrogen-bond donors (Lipinski definition) is 0. The lowest BCUT2D eigenvalue weighted by molar-refractivity contribution is -0.141. The number of rotatable bonds is 16. The molecule has 2 fully saturated rings. The Balaban J connectivity index is 0. The molecule has 0 N–H and O–H groups in total. The van der Waals surface area contributed by atoms with Gasteiger partial charge >= 0.3 is 0 Å². The number of carbonyl (C=O) groups is 2. The second-order valence-corrected chi connectivity index (χ2v) is 11.9. The first-order valence-corrected chi connectivity index (χ1v) is 20.5. The molecular formula is C42H80N2O4. The normalized spacial score (nSPS) is 15.6. The van der Waals surface area contributed by atoms with Gasteiger partial charge < -0.3 is 19.3 Å². The third kappa shape index (κ3) is 16.9. The molecule has 1 aromatic rings. The van der Waals surface area contributed by atoms with Gasteiger partial charge in [-0.1, -0.05) is 147 Å². The van der Waals surface area contributed by atoms with E-state index in [0.29, 0.717) is 23.6 Å². The standard InChI is InChI=1S/C34H56N2O4.4C2H6/c1-5-17-27(7-3)35(29-19-11-9-12-20-29)33(37)25-39-31-23-15-16-24-32(31)40-26-34(38)36(28(8-4)18-6-2)30-21-13-10-14-22-30;4*1-2/h15-16,23-24,27-30H,5-14,17-22,25-26H2,1-4H3;4*1-2H3. The van der Waals surface area contributed by atoms with Crippen LogP contribution in [0.15, 0.2) is 24.3 Å². The molecule has 2 aliphatic carbocycles. The molecule has 2 saturated carbocycles. The minimum Gasteiger partial charge on any atom is -0.480 e. The summed E-state index contributed by atoms with van der Waals surface area (Å²) < 4.78 is 12.2. The van der Waals surface area contributed by atoms with Crippen LogP contribution in [-0.2, 0) is 9.59 Å². The molecule has 282 valence electrons. The van der Waals surface area contributed by atoms with Crippen LogP contribution in [0.4, 0.5) is 0 Å². The van der Waals surface area contributed by atoms with Gasteiger partial charge in [0.25, 0.3) is 11.8 Å². The first-order valence-electron chi connectivity index (χ1n) is 20.5. The molecular weight excluding hydrogens is 596 g/mol. The van der Waals surface area contributed by atoms with Crippen LogP contribution in [0.5, 0.6) is 11.5 Å². The topological polar surface area (TPSA) is 59.1 Å². The van der Waals surface area contributed by atoms with Gasteiger partial charge in [-0.3, -0.25) is 9.59 Å². The molecule has 6 nitrogen and oxygen atoms in total. The van der Waals surface area contributed by atoms with Gasteiger partial charge in [0.15, 0.2) is 24.7 Å². The van der Waals surface area contributed by atoms with Crippen LogP contribution >= 0.6 is 0 Å². The lowest BCUT2D eigenvalue weighted by Crippen LogP contribution is -2.49. The molecule has 0 aliphatic heterocycles. The minimum absolute atomic E-state index is 0.00631. The van der Waals surface area contributed by atoms with Crippen molar-refractivity contribution in [3.05, 3.63) is 24.3 Å². The highest BCUT2D eigenvalue weighted by Crippen LogP contribution is 2.31. The van der Waals surface area contributed by atoms with E-state index < -0.39 is 0 Å². The number of para-hydroxylation sites is 2. The quantitative estimate of drug-likeness (QED) is 0.175. The summed E-state index contributed by atoms with van der Waals surface area (Å²) in [5, 5.41) is 0. The lowest BCUT2D eigenvalue weighted by Gasteiger charge is -2.40. The molecule has 0 radical (unpaired) electrons. The van der Waals surface area contributed by atoms with E-state index >= 15 is 0 Å². The fourth-order valence-corrected chi connectivity index (χ4v) is 6.99. The van der Waals surface area contributed by atoms with Gasteiger partial charge in [0.1, 0.15) is 0 Å². The Morgan fingerprint density at radius 3 is 1.17 bits per heavy atom. The van der Waals surface area contributed by atoms with Gasteiger partial charge in [0.05, 0.1) is 0 Å². The van der Waals surface area contributed by atoms with E-state index in [1.165, 1.54) is 38.5 Å². The number of benzene rings is 1. The maximum atomic E-state index is 13.6. The van der Waals surface area contributed by atoms with Crippen LogP contribution in [0.3, 0.4) is 0 Å². The molecule has 2 aliphatic rings. The van der Waals surface area contributed by atoms with Crippen molar-refractivity contribution in [2.45, 2.75) is 210 Å². The molecule has 0 heterocycles. The average molecular weight is 677 g/mol. The number of ether oxygens (including phenoxy) is 2. The third-order valence-corrected chi connectivity index (χ3v) is 9.04. The smallest absolute Gasteiger partial charge is 0.261 e. The van der Waals surface area contributed by atoms with Crippen molar-refractivity contribution < 1.29 is 19.1 Å². The predicted molar refractivity (Wildman–Crippen MR) is 208 cm³/mol. The zero-order valence-electron chi connectivity index (χ0n) is 33.9.